The first kappa shape index (κ1) is 19.9. The van der Waals surface area contributed by atoms with E-state index in [0.29, 0.717) is 6.54 Å². The van der Waals surface area contributed by atoms with Gasteiger partial charge in [-0.15, -0.1) is 0 Å². The third kappa shape index (κ3) is 3.85. The number of nitrogens with one attached hydrogen (secondary N) is 1. The highest BCUT2D eigenvalue weighted by Crippen LogP contribution is 2.29. The lowest BCUT2D eigenvalue weighted by Crippen LogP contribution is -2.34. The summed E-state index contributed by atoms with van der Waals surface area (Å²) in [5.74, 6) is -0.383. The molecule has 7 nitrogen and oxygen atoms in total. The first-order valence-electron chi connectivity index (χ1n) is 8.72. The molecule has 1 aromatic heterocycles. The van der Waals surface area contributed by atoms with E-state index < -0.39 is 4.92 Å². The predicted octanol–water partition coefficient (Wildman–Crippen LogP) is 3.77. The molecule has 0 aliphatic heterocycles. The summed E-state index contributed by atoms with van der Waals surface area (Å²) in [4.78, 5) is 25.0. The van der Waals surface area contributed by atoms with E-state index in [-0.39, 0.29) is 28.2 Å². The Hall–Kier alpha value is -2.90. The van der Waals surface area contributed by atoms with Crippen LogP contribution in [0.1, 0.15) is 22.0 Å². The zero-order chi connectivity index (χ0) is 20.4. The highest BCUT2D eigenvalue weighted by Gasteiger charge is 2.21. The average Bonchev–Trinajstić information content (AvgIpc) is 2.98. The molecule has 1 heterocycles. The number of amides is 1. The van der Waals surface area contributed by atoms with Gasteiger partial charge in [-0.25, -0.2) is 0 Å². The van der Waals surface area contributed by atoms with Gasteiger partial charge < -0.3 is 14.8 Å². The number of aryl methyl sites for hydroxylation is 1. The Morgan fingerprint density at radius 3 is 2.68 bits per heavy atom. The van der Waals surface area contributed by atoms with Crippen molar-refractivity contribution in [3.8, 4) is 0 Å². The van der Waals surface area contributed by atoms with Crippen LogP contribution in [0, 0.1) is 10.1 Å². The second-order valence-electron chi connectivity index (χ2n) is 6.83. The zero-order valence-electron chi connectivity index (χ0n) is 15.8. The van der Waals surface area contributed by atoms with E-state index in [2.05, 4.69) is 28.2 Å². The first-order chi connectivity index (χ1) is 13.3. The number of rotatable bonds is 6. The van der Waals surface area contributed by atoms with Gasteiger partial charge >= 0.3 is 0 Å². The van der Waals surface area contributed by atoms with E-state index in [1.165, 1.54) is 18.2 Å². The van der Waals surface area contributed by atoms with Crippen LogP contribution in [-0.2, 0) is 7.05 Å². The molecule has 3 rings (SSSR count). The number of carbonyl (C=O) groups is 1. The van der Waals surface area contributed by atoms with Crippen molar-refractivity contribution in [1.82, 2.24) is 14.8 Å². The maximum absolute atomic E-state index is 12.6. The Bertz CT molecular complexity index is 1050. The van der Waals surface area contributed by atoms with E-state index in [1.807, 2.05) is 38.2 Å². The van der Waals surface area contributed by atoms with Crippen molar-refractivity contribution >= 4 is 34.1 Å². The molecule has 1 N–H and O–H groups in total. The van der Waals surface area contributed by atoms with E-state index in [4.69, 9.17) is 11.6 Å². The van der Waals surface area contributed by atoms with Gasteiger partial charge in [0.2, 0.25) is 0 Å². The van der Waals surface area contributed by atoms with Crippen LogP contribution in [0.5, 0.6) is 0 Å². The number of aromatic nitrogens is 1. The highest BCUT2D eigenvalue weighted by molar-refractivity contribution is 6.32. The smallest absolute Gasteiger partial charge is 0.288 e. The van der Waals surface area contributed by atoms with Gasteiger partial charge in [0, 0.05) is 42.3 Å². The molecule has 8 heteroatoms. The molecule has 1 unspecified atom stereocenters. The van der Waals surface area contributed by atoms with Gasteiger partial charge in [0.05, 0.1) is 11.0 Å². The molecule has 1 atom stereocenters. The second kappa shape index (κ2) is 8.00. The Balaban J connectivity index is 1.83. The van der Waals surface area contributed by atoms with Crippen molar-refractivity contribution in [3.63, 3.8) is 0 Å². The number of nitro groups is 1. The predicted molar refractivity (Wildman–Crippen MR) is 110 cm³/mol. The molecule has 0 spiro atoms. The molecule has 146 valence electrons. The normalized spacial score (nSPS) is 12.3. The molecule has 0 saturated heterocycles. The van der Waals surface area contributed by atoms with Gasteiger partial charge in [0.1, 0.15) is 5.02 Å². The number of hydrogen-bond acceptors (Lipinski definition) is 4. The second-order valence-corrected chi connectivity index (χ2v) is 7.23. The molecule has 0 aliphatic carbocycles. The van der Waals surface area contributed by atoms with Gasteiger partial charge in [-0.05, 0) is 37.9 Å². The van der Waals surface area contributed by atoms with Crippen molar-refractivity contribution < 1.29 is 9.72 Å². The zero-order valence-corrected chi connectivity index (χ0v) is 16.6. The summed E-state index contributed by atoms with van der Waals surface area (Å²) in [6.45, 7) is 0.357. The van der Waals surface area contributed by atoms with Crippen LogP contribution in [0.4, 0.5) is 5.69 Å². The molecular formula is C20H21ClN4O3. The monoisotopic (exact) mass is 400 g/mol. The number of nitrogens with zero attached hydrogens (tertiary/aromatic N) is 3. The van der Waals surface area contributed by atoms with Gasteiger partial charge in [-0.3, -0.25) is 14.9 Å². The van der Waals surface area contributed by atoms with Gasteiger partial charge in [-0.1, -0.05) is 29.8 Å². The molecule has 2 aromatic carbocycles. The number of benzene rings is 2. The van der Waals surface area contributed by atoms with Gasteiger partial charge in [0.15, 0.2) is 0 Å². The topological polar surface area (TPSA) is 80.4 Å². The number of halogens is 1. The fourth-order valence-corrected chi connectivity index (χ4v) is 3.48. The standard InChI is InChI=1S/C20H21ClN4O3/c1-23(2)19(15-12-24(3)17-7-5-4-6-14(15)17)11-22-20(26)13-8-9-16(21)18(10-13)25(27)28/h4-10,12,19H,11H2,1-3H3,(H,22,26). The van der Waals surface area contributed by atoms with E-state index in [9.17, 15) is 14.9 Å². The number of hydrogen-bond donors (Lipinski definition) is 1. The fourth-order valence-electron chi connectivity index (χ4n) is 3.29. The number of nitro benzene ring substituents is 1. The van der Waals surface area contributed by atoms with E-state index in [0.717, 1.165) is 16.5 Å². The third-order valence-electron chi connectivity index (χ3n) is 4.77. The van der Waals surface area contributed by atoms with Crippen LogP contribution >= 0.6 is 11.6 Å². The maximum Gasteiger partial charge on any atom is 0.288 e. The summed E-state index contributed by atoms with van der Waals surface area (Å²) >= 11 is 5.82. The summed E-state index contributed by atoms with van der Waals surface area (Å²) in [6, 6.07) is 12.1. The van der Waals surface area contributed by atoms with Crippen LogP contribution in [0.2, 0.25) is 5.02 Å². The van der Waals surface area contributed by atoms with Crippen molar-refractivity contribution in [2.24, 2.45) is 7.05 Å². The summed E-state index contributed by atoms with van der Waals surface area (Å²) in [5.41, 5.74) is 2.13. The lowest BCUT2D eigenvalue weighted by molar-refractivity contribution is -0.384. The van der Waals surface area contributed by atoms with Crippen LogP contribution < -0.4 is 5.32 Å². The van der Waals surface area contributed by atoms with Crippen molar-refractivity contribution in [1.29, 1.82) is 0 Å². The molecule has 28 heavy (non-hydrogen) atoms. The summed E-state index contributed by atoms with van der Waals surface area (Å²) in [5, 5.41) is 15.1. The van der Waals surface area contributed by atoms with Gasteiger partial charge in [0.25, 0.3) is 11.6 Å². The Morgan fingerprint density at radius 1 is 1.29 bits per heavy atom. The van der Waals surface area contributed by atoms with Crippen LogP contribution in [0.25, 0.3) is 10.9 Å². The first-order valence-corrected chi connectivity index (χ1v) is 9.10. The molecule has 3 aromatic rings. The molecule has 0 radical (unpaired) electrons. The summed E-state index contributed by atoms with van der Waals surface area (Å²) in [6.07, 6.45) is 2.06. The number of carbonyl (C=O) groups excluding carboxylic acids is 1. The van der Waals surface area contributed by atoms with E-state index in [1.54, 1.807) is 0 Å². The molecule has 0 bridgehead atoms. The minimum Gasteiger partial charge on any atom is -0.350 e. The number of para-hydroxylation sites is 1. The molecule has 0 saturated carbocycles. The maximum atomic E-state index is 12.6. The van der Waals surface area contributed by atoms with Crippen LogP contribution in [0.15, 0.2) is 48.7 Å². The molecular weight excluding hydrogens is 380 g/mol. The summed E-state index contributed by atoms with van der Waals surface area (Å²) < 4.78 is 2.06. The van der Waals surface area contributed by atoms with E-state index >= 15 is 0 Å². The Kier molecular flexibility index (Phi) is 5.67. The number of fused-ring (bicyclic) bond motifs is 1. The van der Waals surface area contributed by atoms with Crippen LogP contribution in [-0.4, -0.2) is 40.9 Å². The minimum atomic E-state index is -0.599. The quantitative estimate of drug-likeness (QED) is 0.504. The fraction of sp³-hybridized carbons (Fsp3) is 0.250. The molecule has 0 fully saturated rings. The van der Waals surface area contributed by atoms with Crippen molar-refractivity contribution in [2.45, 2.75) is 6.04 Å². The average molecular weight is 401 g/mol. The molecule has 1 amide bonds. The summed E-state index contributed by atoms with van der Waals surface area (Å²) in [7, 11) is 5.89. The highest BCUT2D eigenvalue weighted by atomic mass is 35.5. The SMILES string of the molecule is CN(C)C(CNC(=O)c1ccc(Cl)c([N+](=O)[O-])c1)c1cn(C)c2ccccc12. The van der Waals surface area contributed by atoms with Crippen molar-refractivity contribution in [3.05, 3.63) is 74.9 Å². The Morgan fingerprint density at radius 2 is 2.00 bits per heavy atom. The number of likely N-dealkylation sites (N-methyl/N-ethyl adjacent to an activating group) is 1. The van der Waals surface area contributed by atoms with Crippen LogP contribution in [0.3, 0.4) is 0 Å². The molecule has 0 aliphatic rings. The van der Waals surface area contributed by atoms with Gasteiger partial charge in [-0.2, -0.15) is 0 Å². The Labute approximate surface area is 167 Å². The minimum absolute atomic E-state index is 0.00322. The van der Waals surface area contributed by atoms with Crippen molar-refractivity contribution in [2.75, 3.05) is 20.6 Å². The third-order valence-corrected chi connectivity index (χ3v) is 5.09. The largest absolute Gasteiger partial charge is 0.350 e. The lowest BCUT2D eigenvalue weighted by Gasteiger charge is -2.24. The lowest BCUT2D eigenvalue weighted by atomic mass is 10.0.